The summed E-state index contributed by atoms with van der Waals surface area (Å²) in [4.78, 5) is 22.8. The molecule has 2 rings (SSSR count). The predicted octanol–water partition coefficient (Wildman–Crippen LogP) is 4.19. The summed E-state index contributed by atoms with van der Waals surface area (Å²) in [6.07, 6.45) is 0.666. The molecule has 0 spiro atoms. The third-order valence-corrected chi connectivity index (χ3v) is 4.10. The van der Waals surface area contributed by atoms with Gasteiger partial charge in [0.2, 0.25) is 6.41 Å². The van der Waals surface area contributed by atoms with Crippen LogP contribution in [0.1, 0.15) is 53.0 Å². The Morgan fingerprint density at radius 3 is 2.33 bits per heavy atom. The fourth-order valence-corrected chi connectivity index (χ4v) is 2.74. The summed E-state index contributed by atoms with van der Waals surface area (Å²) in [7, 11) is 0. The first-order valence-electron chi connectivity index (χ1n) is 9.13. The van der Waals surface area contributed by atoms with Crippen LogP contribution >= 0.6 is 0 Å². The van der Waals surface area contributed by atoms with Crippen molar-refractivity contribution in [1.82, 2.24) is 5.32 Å². The first kappa shape index (κ1) is 20.7. The van der Waals surface area contributed by atoms with Gasteiger partial charge in [0.1, 0.15) is 17.0 Å². The van der Waals surface area contributed by atoms with Crippen molar-refractivity contribution >= 4 is 23.2 Å². The van der Waals surface area contributed by atoms with E-state index in [0.717, 1.165) is 22.1 Å². The highest BCUT2D eigenvalue weighted by Crippen LogP contribution is 2.28. The molecule has 0 saturated carbocycles. The standard InChI is InChI=1S/C22H29NO4/c1-15(20(25)27-21(2,3)4)16-7-8-18-12-19(10-9-17(18)11-16)26-22(5,6)13-23-14-24/h7-12,14-15H,13H2,1-6H3,(H,23,24)/t15-/m0/s1. The van der Waals surface area contributed by atoms with Crippen LogP contribution in [-0.4, -0.2) is 30.1 Å². The van der Waals surface area contributed by atoms with Crippen LogP contribution < -0.4 is 10.1 Å². The summed E-state index contributed by atoms with van der Waals surface area (Å²) >= 11 is 0. The van der Waals surface area contributed by atoms with Crippen molar-refractivity contribution in [2.45, 2.75) is 58.7 Å². The molecule has 0 aliphatic carbocycles. The van der Waals surface area contributed by atoms with Gasteiger partial charge < -0.3 is 14.8 Å². The van der Waals surface area contributed by atoms with Gasteiger partial charge in [0.05, 0.1) is 12.5 Å². The van der Waals surface area contributed by atoms with E-state index in [2.05, 4.69) is 5.32 Å². The number of hydrogen-bond acceptors (Lipinski definition) is 4. The highest BCUT2D eigenvalue weighted by atomic mass is 16.6. The second kappa shape index (κ2) is 7.99. The van der Waals surface area contributed by atoms with E-state index in [4.69, 9.17) is 9.47 Å². The molecule has 5 heteroatoms. The molecule has 146 valence electrons. The van der Waals surface area contributed by atoms with E-state index in [-0.39, 0.29) is 11.9 Å². The lowest BCUT2D eigenvalue weighted by atomic mass is 9.97. The van der Waals surface area contributed by atoms with Gasteiger partial charge in [-0.3, -0.25) is 9.59 Å². The number of carbonyl (C=O) groups is 2. The summed E-state index contributed by atoms with van der Waals surface area (Å²) in [5.41, 5.74) is -0.0967. The Balaban J connectivity index is 2.19. The third kappa shape index (κ3) is 5.98. The van der Waals surface area contributed by atoms with E-state index < -0.39 is 11.2 Å². The van der Waals surface area contributed by atoms with Crippen molar-refractivity contribution in [3.63, 3.8) is 0 Å². The Labute approximate surface area is 161 Å². The number of amides is 1. The first-order chi connectivity index (χ1) is 12.5. The molecule has 1 atom stereocenters. The van der Waals surface area contributed by atoms with Gasteiger partial charge in [-0.1, -0.05) is 24.3 Å². The van der Waals surface area contributed by atoms with Crippen molar-refractivity contribution in [3.05, 3.63) is 42.0 Å². The van der Waals surface area contributed by atoms with Crippen LogP contribution in [-0.2, 0) is 14.3 Å². The number of fused-ring (bicyclic) bond motifs is 1. The third-order valence-electron chi connectivity index (χ3n) is 4.10. The molecule has 5 nitrogen and oxygen atoms in total. The molecule has 0 bridgehead atoms. The Kier molecular flexibility index (Phi) is 6.14. The second-order valence-electron chi connectivity index (χ2n) is 8.38. The summed E-state index contributed by atoms with van der Waals surface area (Å²) in [5.74, 6) is 0.164. The number of esters is 1. The molecule has 2 aromatic rings. The van der Waals surface area contributed by atoms with Gasteiger partial charge in [0, 0.05) is 0 Å². The lowest BCUT2D eigenvalue weighted by Gasteiger charge is -2.26. The maximum atomic E-state index is 12.3. The van der Waals surface area contributed by atoms with Gasteiger partial charge in [-0.2, -0.15) is 0 Å². The van der Waals surface area contributed by atoms with Gasteiger partial charge in [-0.15, -0.1) is 0 Å². The minimum absolute atomic E-state index is 0.230. The van der Waals surface area contributed by atoms with E-state index in [1.165, 1.54) is 0 Å². The average molecular weight is 371 g/mol. The van der Waals surface area contributed by atoms with Gasteiger partial charge in [0.25, 0.3) is 0 Å². The lowest BCUT2D eigenvalue weighted by molar-refractivity contribution is -0.156. The van der Waals surface area contributed by atoms with E-state index in [1.54, 1.807) is 0 Å². The number of benzene rings is 2. The number of rotatable bonds is 7. The Hall–Kier alpha value is -2.56. The normalized spacial score (nSPS) is 13.1. The second-order valence-corrected chi connectivity index (χ2v) is 8.38. The molecule has 0 unspecified atom stereocenters. The van der Waals surface area contributed by atoms with Crippen molar-refractivity contribution in [2.24, 2.45) is 0 Å². The van der Waals surface area contributed by atoms with E-state index in [0.29, 0.717) is 13.0 Å². The van der Waals surface area contributed by atoms with Gasteiger partial charge in [-0.25, -0.2) is 0 Å². The average Bonchev–Trinajstić information content (AvgIpc) is 2.57. The maximum Gasteiger partial charge on any atom is 0.313 e. The van der Waals surface area contributed by atoms with Crippen LogP contribution in [0.25, 0.3) is 10.8 Å². The molecular formula is C22H29NO4. The quantitative estimate of drug-likeness (QED) is 0.585. The van der Waals surface area contributed by atoms with E-state index in [1.807, 2.05) is 77.9 Å². The van der Waals surface area contributed by atoms with E-state index in [9.17, 15) is 9.59 Å². The lowest BCUT2D eigenvalue weighted by Crippen LogP contribution is -2.39. The number of nitrogens with one attached hydrogen (secondary N) is 1. The highest BCUT2D eigenvalue weighted by Gasteiger charge is 2.23. The van der Waals surface area contributed by atoms with Crippen molar-refractivity contribution < 1.29 is 19.1 Å². The van der Waals surface area contributed by atoms with Crippen LogP contribution in [0.2, 0.25) is 0 Å². The Bertz CT molecular complexity index is 821. The minimum Gasteiger partial charge on any atom is -0.486 e. The zero-order valence-electron chi connectivity index (χ0n) is 17.0. The minimum atomic E-state index is -0.514. The zero-order chi connectivity index (χ0) is 20.2. The maximum absolute atomic E-state index is 12.3. The molecule has 1 N–H and O–H groups in total. The predicted molar refractivity (Wildman–Crippen MR) is 107 cm³/mol. The van der Waals surface area contributed by atoms with Crippen molar-refractivity contribution in [2.75, 3.05) is 6.54 Å². The van der Waals surface area contributed by atoms with Gasteiger partial charge in [0.15, 0.2) is 0 Å². The fourth-order valence-electron chi connectivity index (χ4n) is 2.74. The van der Waals surface area contributed by atoms with Crippen LogP contribution in [0.4, 0.5) is 0 Å². The molecule has 0 aliphatic rings. The molecule has 0 heterocycles. The fraction of sp³-hybridized carbons (Fsp3) is 0.455. The molecule has 0 saturated heterocycles. The molecule has 2 aromatic carbocycles. The molecular weight excluding hydrogens is 342 g/mol. The highest BCUT2D eigenvalue weighted by molar-refractivity contribution is 5.86. The van der Waals surface area contributed by atoms with Crippen LogP contribution in [0.5, 0.6) is 5.75 Å². The van der Waals surface area contributed by atoms with Gasteiger partial charge in [-0.05, 0) is 70.0 Å². The summed E-state index contributed by atoms with van der Waals surface area (Å²) in [6.45, 7) is 11.7. The van der Waals surface area contributed by atoms with Crippen LogP contribution in [0.3, 0.4) is 0 Å². The number of hydrogen-bond donors (Lipinski definition) is 1. The molecule has 0 radical (unpaired) electrons. The van der Waals surface area contributed by atoms with Gasteiger partial charge >= 0.3 is 5.97 Å². The Morgan fingerprint density at radius 2 is 1.70 bits per heavy atom. The molecule has 1 amide bonds. The molecule has 0 fully saturated rings. The summed E-state index contributed by atoms with van der Waals surface area (Å²) < 4.78 is 11.5. The van der Waals surface area contributed by atoms with Crippen molar-refractivity contribution in [1.29, 1.82) is 0 Å². The largest absolute Gasteiger partial charge is 0.486 e. The van der Waals surface area contributed by atoms with Crippen molar-refractivity contribution in [3.8, 4) is 5.75 Å². The topological polar surface area (TPSA) is 64.6 Å². The first-order valence-corrected chi connectivity index (χ1v) is 9.13. The van der Waals surface area contributed by atoms with Crippen LogP contribution in [0, 0.1) is 0 Å². The zero-order valence-corrected chi connectivity index (χ0v) is 17.0. The molecule has 0 aromatic heterocycles. The Morgan fingerprint density at radius 1 is 1.07 bits per heavy atom. The van der Waals surface area contributed by atoms with E-state index >= 15 is 0 Å². The monoisotopic (exact) mass is 371 g/mol. The summed E-state index contributed by atoms with van der Waals surface area (Å²) in [6, 6.07) is 11.8. The smallest absolute Gasteiger partial charge is 0.313 e. The number of carbonyl (C=O) groups excluding carboxylic acids is 2. The summed E-state index contributed by atoms with van der Waals surface area (Å²) in [5, 5.41) is 4.69. The number of ether oxygens (including phenoxy) is 2. The molecule has 27 heavy (non-hydrogen) atoms. The molecule has 0 aliphatic heterocycles. The van der Waals surface area contributed by atoms with Crippen LogP contribution in [0.15, 0.2) is 36.4 Å². The SMILES string of the molecule is C[C@H](C(=O)OC(C)(C)C)c1ccc2cc(OC(C)(C)CNC=O)ccc2c1.